The summed E-state index contributed by atoms with van der Waals surface area (Å²) >= 11 is 0. The highest BCUT2D eigenvalue weighted by atomic mass is 16.5. The minimum absolute atomic E-state index is 0.0938. The molecular weight excluding hydrogens is 208 g/mol. The summed E-state index contributed by atoms with van der Waals surface area (Å²) in [5, 5.41) is 22.5. The molecular formula is C11H18N2O3. The van der Waals surface area contributed by atoms with Crippen molar-refractivity contribution in [3.63, 3.8) is 0 Å². The summed E-state index contributed by atoms with van der Waals surface area (Å²) in [7, 11) is 0. The molecule has 3 rings (SSSR count). The summed E-state index contributed by atoms with van der Waals surface area (Å²) in [5.41, 5.74) is -0.142. The Morgan fingerprint density at radius 2 is 2.31 bits per heavy atom. The fourth-order valence-corrected chi connectivity index (χ4v) is 2.81. The van der Waals surface area contributed by atoms with Crippen molar-refractivity contribution in [1.82, 2.24) is 10.2 Å². The lowest BCUT2D eigenvalue weighted by Gasteiger charge is -2.33. The zero-order valence-electron chi connectivity index (χ0n) is 9.17. The first-order valence-corrected chi connectivity index (χ1v) is 5.85. The van der Waals surface area contributed by atoms with E-state index < -0.39 is 12.2 Å². The summed E-state index contributed by atoms with van der Waals surface area (Å²) < 4.78 is 5.77. The van der Waals surface area contributed by atoms with Crippen molar-refractivity contribution < 1.29 is 14.9 Å². The van der Waals surface area contributed by atoms with Crippen LogP contribution in [0.2, 0.25) is 0 Å². The maximum atomic E-state index is 10.1. The van der Waals surface area contributed by atoms with Crippen molar-refractivity contribution in [3.8, 4) is 0 Å². The number of nitrogens with one attached hydrogen (secondary N) is 1. The van der Waals surface area contributed by atoms with Gasteiger partial charge in [-0.15, -0.1) is 0 Å². The van der Waals surface area contributed by atoms with Crippen LogP contribution in [0.1, 0.15) is 12.8 Å². The van der Waals surface area contributed by atoms with Gasteiger partial charge in [0.1, 0.15) is 12.3 Å². The summed E-state index contributed by atoms with van der Waals surface area (Å²) in [6.07, 6.45) is 4.98. The number of rotatable bonds is 2. The second kappa shape index (κ2) is 3.70. The van der Waals surface area contributed by atoms with E-state index in [2.05, 4.69) is 10.2 Å². The van der Waals surface area contributed by atoms with Gasteiger partial charge in [-0.1, -0.05) is 6.08 Å². The second-order valence-corrected chi connectivity index (χ2v) is 4.90. The Kier molecular flexibility index (Phi) is 2.43. The van der Waals surface area contributed by atoms with Crippen molar-refractivity contribution in [2.45, 2.75) is 31.3 Å². The van der Waals surface area contributed by atoms with Gasteiger partial charge in [0.25, 0.3) is 0 Å². The van der Waals surface area contributed by atoms with Gasteiger partial charge in [-0.2, -0.15) is 0 Å². The van der Waals surface area contributed by atoms with Gasteiger partial charge in [0.15, 0.2) is 0 Å². The van der Waals surface area contributed by atoms with Crippen LogP contribution in [0.4, 0.5) is 0 Å². The third-order valence-electron chi connectivity index (χ3n) is 3.90. The third kappa shape index (κ3) is 1.39. The molecule has 5 heteroatoms. The molecule has 3 unspecified atom stereocenters. The summed E-state index contributed by atoms with van der Waals surface area (Å²) in [6, 6.07) is 0. The number of ether oxygens (including phenoxy) is 1. The summed E-state index contributed by atoms with van der Waals surface area (Å²) in [5.74, 6) is 0. The van der Waals surface area contributed by atoms with Crippen LogP contribution < -0.4 is 5.32 Å². The second-order valence-electron chi connectivity index (χ2n) is 4.90. The largest absolute Gasteiger partial charge is 0.394 e. The molecule has 2 fully saturated rings. The molecule has 3 N–H and O–H groups in total. The fraction of sp³-hybridized carbons (Fsp3) is 0.818. The molecule has 1 aliphatic carbocycles. The number of hydrogen-bond acceptors (Lipinski definition) is 5. The maximum absolute atomic E-state index is 10.1. The van der Waals surface area contributed by atoms with E-state index in [9.17, 15) is 10.2 Å². The van der Waals surface area contributed by atoms with Crippen molar-refractivity contribution in [3.05, 3.63) is 12.3 Å². The normalized spacial score (nSPS) is 40.6. The quantitative estimate of drug-likeness (QED) is 0.576. The van der Waals surface area contributed by atoms with Crippen molar-refractivity contribution in [2.24, 2.45) is 5.41 Å². The maximum Gasteiger partial charge on any atom is 0.139 e. The van der Waals surface area contributed by atoms with E-state index >= 15 is 0 Å². The Labute approximate surface area is 94.7 Å². The standard InChI is InChI=1S/C11H18N2O3/c14-6-8-9(15)11(2-3-11)10(16-8)13-5-1-4-12-7-13/h1,5,8-10,12,14-15H,2-4,6-7H2. The number of aliphatic hydroxyl groups is 2. The van der Waals surface area contributed by atoms with Crippen LogP contribution in [0.15, 0.2) is 12.3 Å². The molecule has 1 spiro atoms. The molecule has 0 radical (unpaired) electrons. The lowest BCUT2D eigenvalue weighted by Crippen LogP contribution is -2.45. The van der Waals surface area contributed by atoms with Gasteiger partial charge in [0.05, 0.1) is 19.4 Å². The molecule has 1 saturated carbocycles. The van der Waals surface area contributed by atoms with E-state index in [4.69, 9.17) is 4.74 Å². The highest BCUT2D eigenvalue weighted by molar-refractivity contribution is 5.12. The van der Waals surface area contributed by atoms with Gasteiger partial charge < -0.3 is 19.8 Å². The lowest BCUT2D eigenvalue weighted by atomic mass is 9.96. The number of hydrogen-bond donors (Lipinski definition) is 3. The minimum atomic E-state index is -0.530. The van der Waals surface area contributed by atoms with Gasteiger partial charge in [-0.3, -0.25) is 5.32 Å². The smallest absolute Gasteiger partial charge is 0.139 e. The SMILES string of the molecule is OCC1OC(N2C=CCNC2)C2(CC2)C1O. The van der Waals surface area contributed by atoms with E-state index in [0.29, 0.717) is 0 Å². The average Bonchev–Trinajstić information content (AvgIpc) is 3.06. The molecule has 0 amide bonds. The van der Waals surface area contributed by atoms with Crippen LogP contribution in [0.5, 0.6) is 0 Å². The number of aliphatic hydroxyl groups excluding tert-OH is 2. The molecule has 2 aliphatic heterocycles. The summed E-state index contributed by atoms with van der Waals surface area (Å²) in [4.78, 5) is 2.08. The zero-order chi connectivity index (χ0) is 11.2. The zero-order valence-corrected chi connectivity index (χ0v) is 9.17. The van der Waals surface area contributed by atoms with Crippen LogP contribution >= 0.6 is 0 Å². The van der Waals surface area contributed by atoms with Gasteiger partial charge in [-0.05, 0) is 12.8 Å². The first kappa shape index (κ1) is 10.5. The lowest BCUT2D eigenvalue weighted by molar-refractivity contribution is -0.0739. The molecule has 16 heavy (non-hydrogen) atoms. The third-order valence-corrected chi connectivity index (χ3v) is 3.90. The predicted molar refractivity (Wildman–Crippen MR) is 57.3 cm³/mol. The molecule has 0 bridgehead atoms. The van der Waals surface area contributed by atoms with Crippen molar-refractivity contribution in [2.75, 3.05) is 19.8 Å². The van der Waals surface area contributed by atoms with Crippen LogP contribution in [-0.4, -0.2) is 53.4 Å². The van der Waals surface area contributed by atoms with Gasteiger partial charge >= 0.3 is 0 Å². The average molecular weight is 226 g/mol. The Bertz CT molecular complexity index is 304. The van der Waals surface area contributed by atoms with Crippen LogP contribution in [0, 0.1) is 5.41 Å². The predicted octanol–water partition coefficient (Wildman–Crippen LogP) is -0.779. The van der Waals surface area contributed by atoms with Crippen molar-refractivity contribution >= 4 is 0 Å². The Morgan fingerprint density at radius 1 is 1.50 bits per heavy atom. The van der Waals surface area contributed by atoms with Crippen LogP contribution in [-0.2, 0) is 4.74 Å². The van der Waals surface area contributed by atoms with Crippen molar-refractivity contribution in [1.29, 1.82) is 0 Å². The van der Waals surface area contributed by atoms with Crippen LogP contribution in [0.25, 0.3) is 0 Å². The van der Waals surface area contributed by atoms with Gasteiger partial charge in [0, 0.05) is 18.2 Å². The van der Waals surface area contributed by atoms with Crippen LogP contribution in [0.3, 0.4) is 0 Å². The summed E-state index contributed by atoms with van der Waals surface area (Å²) in [6.45, 7) is 1.51. The Balaban J connectivity index is 1.80. The van der Waals surface area contributed by atoms with E-state index in [-0.39, 0.29) is 18.2 Å². The molecule has 90 valence electrons. The highest BCUT2D eigenvalue weighted by Crippen LogP contribution is 2.58. The first-order chi connectivity index (χ1) is 7.78. The Hall–Kier alpha value is -0.620. The molecule has 0 aromatic carbocycles. The van der Waals surface area contributed by atoms with Gasteiger partial charge in [0.2, 0.25) is 0 Å². The molecule has 3 atom stereocenters. The molecule has 0 aromatic heterocycles. The molecule has 0 aromatic rings. The van der Waals surface area contributed by atoms with E-state index in [1.165, 1.54) is 0 Å². The molecule has 2 heterocycles. The fourth-order valence-electron chi connectivity index (χ4n) is 2.81. The first-order valence-electron chi connectivity index (χ1n) is 5.85. The topological polar surface area (TPSA) is 65.0 Å². The number of nitrogens with zero attached hydrogens (tertiary/aromatic N) is 1. The molecule has 5 nitrogen and oxygen atoms in total. The monoisotopic (exact) mass is 226 g/mol. The highest BCUT2D eigenvalue weighted by Gasteiger charge is 2.64. The van der Waals surface area contributed by atoms with Gasteiger partial charge in [-0.25, -0.2) is 0 Å². The molecule has 3 aliphatic rings. The molecule has 1 saturated heterocycles. The van der Waals surface area contributed by atoms with E-state index in [1.807, 2.05) is 12.3 Å². The Morgan fingerprint density at radius 3 is 2.88 bits per heavy atom. The minimum Gasteiger partial charge on any atom is -0.394 e. The van der Waals surface area contributed by atoms with E-state index in [0.717, 1.165) is 26.1 Å². The van der Waals surface area contributed by atoms with E-state index in [1.54, 1.807) is 0 Å².